The number of hydrogen-bond donors (Lipinski definition) is 1. The molecule has 0 aliphatic rings. The van der Waals surface area contributed by atoms with Crippen molar-refractivity contribution in [2.45, 2.75) is 19.6 Å². The van der Waals surface area contributed by atoms with Crippen LogP contribution in [0.25, 0.3) is 0 Å². The van der Waals surface area contributed by atoms with Gasteiger partial charge in [-0.2, -0.15) is 0 Å². The third-order valence-corrected chi connectivity index (χ3v) is 1.86. The van der Waals surface area contributed by atoms with Crippen molar-refractivity contribution in [1.29, 1.82) is 0 Å². The molecule has 1 N–H and O–H groups in total. The highest BCUT2D eigenvalue weighted by molar-refractivity contribution is 5.13. The van der Waals surface area contributed by atoms with Gasteiger partial charge in [0.2, 0.25) is 0 Å². The predicted octanol–water partition coefficient (Wildman–Crippen LogP) is 2.30. The van der Waals surface area contributed by atoms with E-state index in [0.29, 0.717) is 13.2 Å². The summed E-state index contributed by atoms with van der Waals surface area (Å²) in [6.07, 6.45) is 2.76. The average molecular weight is 204 g/mol. The third kappa shape index (κ3) is 5.18. The van der Waals surface area contributed by atoms with E-state index in [1.165, 1.54) is 0 Å². The minimum atomic E-state index is -0.579. The molecule has 0 radical (unpaired) electrons. The van der Waals surface area contributed by atoms with Gasteiger partial charge in [-0.15, -0.1) is 5.73 Å². The minimum absolute atomic E-state index is 0.301. The van der Waals surface area contributed by atoms with Crippen LogP contribution in [0.2, 0.25) is 0 Å². The maximum Gasteiger partial charge on any atom is 0.103 e. The van der Waals surface area contributed by atoms with Gasteiger partial charge in [0.25, 0.3) is 0 Å². The Kier molecular flexibility index (Phi) is 5.49. The summed E-state index contributed by atoms with van der Waals surface area (Å²) in [5.74, 6) is 0. The van der Waals surface area contributed by atoms with E-state index in [1.54, 1.807) is 12.2 Å². The van der Waals surface area contributed by atoms with Gasteiger partial charge in [-0.25, -0.2) is 0 Å². The van der Waals surface area contributed by atoms with E-state index < -0.39 is 6.10 Å². The molecule has 80 valence electrons. The second-order valence-electron chi connectivity index (χ2n) is 3.19. The minimum Gasteiger partial charge on any atom is -0.386 e. The Bertz CT molecular complexity index is 324. The zero-order chi connectivity index (χ0) is 10.9. The number of benzene rings is 1. The standard InChI is InChI=1S/C13H16O2/c1-2-3-9-13(14)11-15-10-12-7-5-4-6-8-12/h2,4-9,13-14H,10-11H2,1H3/t3?,13-/m0/s1. The van der Waals surface area contributed by atoms with Gasteiger partial charge in [-0.3, -0.25) is 0 Å². The van der Waals surface area contributed by atoms with Gasteiger partial charge in [-0.05, 0) is 24.6 Å². The highest BCUT2D eigenvalue weighted by atomic mass is 16.5. The molecule has 0 heterocycles. The topological polar surface area (TPSA) is 29.5 Å². The van der Waals surface area contributed by atoms with Crippen LogP contribution in [0, 0.1) is 0 Å². The van der Waals surface area contributed by atoms with Crippen LogP contribution >= 0.6 is 0 Å². The fourth-order valence-electron chi connectivity index (χ4n) is 1.13. The molecule has 1 aromatic rings. The number of ether oxygens (including phenoxy) is 1. The summed E-state index contributed by atoms with van der Waals surface area (Å²) < 4.78 is 5.34. The Balaban J connectivity index is 2.25. The number of hydrogen-bond acceptors (Lipinski definition) is 2. The largest absolute Gasteiger partial charge is 0.386 e. The molecule has 0 spiro atoms. The van der Waals surface area contributed by atoms with Crippen LogP contribution in [-0.4, -0.2) is 17.8 Å². The molecule has 0 saturated carbocycles. The van der Waals surface area contributed by atoms with Crippen molar-refractivity contribution in [3.8, 4) is 0 Å². The molecule has 0 amide bonds. The Labute approximate surface area is 90.5 Å². The molecule has 1 rings (SSSR count). The van der Waals surface area contributed by atoms with Crippen LogP contribution in [0.1, 0.15) is 12.5 Å². The SMILES string of the molecule is CC=C=C[C@H](O)COCc1ccccc1. The summed E-state index contributed by atoms with van der Waals surface area (Å²) in [5, 5.41) is 9.40. The Hall–Kier alpha value is -1.34. The number of aliphatic hydroxyl groups excluding tert-OH is 1. The third-order valence-electron chi connectivity index (χ3n) is 1.86. The van der Waals surface area contributed by atoms with E-state index in [0.717, 1.165) is 5.56 Å². The molecule has 0 saturated heterocycles. The van der Waals surface area contributed by atoms with Crippen LogP contribution in [0.15, 0.2) is 48.2 Å². The summed E-state index contributed by atoms with van der Waals surface area (Å²) in [4.78, 5) is 0. The fraction of sp³-hybridized carbons (Fsp3) is 0.308. The molecule has 0 fully saturated rings. The maximum atomic E-state index is 9.40. The Morgan fingerprint density at radius 1 is 1.40 bits per heavy atom. The second-order valence-corrected chi connectivity index (χ2v) is 3.19. The molecule has 1 aromatic carbocycles. The van der Waals surface area contributed by atoms with E-state index in [4.69, 9.17) is 4.74 Å². The van der Waals surface area contributed by atoms with Crippen molar-refractivity contribution in [3.63, 3.8) is 0 Å². The maximum absolute atomic E-state index is 9.40. The quantitative estimate of drug-likeness (QED) is 0.746. The summed E-state index contributed by atoms with van der Waals surface area (Å²) >= 11 is 0. The fourth-order valence-corrected chi connectivity index (χ4v) is 1.13. The van der Waals surface area contributed by atoms with Crippen molar-refractivity contribution in [3.05, 3.63) is 53.8 Å². The van der Waals surface area contributed by atoms with Gasteiger partial charge in [0, 0.05) is 0 Å². The van der Waals surface area contributed by atoms with E-state index >= 15 is 0 Å². The van der Waals surface area contributed by atoms with Crippen LogP contribution in [0.4, 0.5) is 0 Å². The highest BCUT2D eigenvalue weighted by Crippen LogP contribution is 2.00. The first-order valence-electron chi connectivity index (χ1n) is 5.00. The highest BCUT2D eigenvalue weighted by Gasteiger charge is 1.98. The number of aliphatic hydroxyl groups is 1. The Morgan fingerprint density at radius 2 is 2.13 bits per heavy atom. The molecule has 0 aromatic heterocycles. The summed E-state index contributed by atoms with van der Waals surface area (Å²) in [5.41, 5.74) is 3.93. The Morgan fingerprint density at radius 3 is 2.80 bits per heavy atom. The summed E-state index contributed by atoms with van der Waals surface area (Å²) in [7, 11) is 0. The van der Waals surface area contributed by atoms with Crippen molar-refractivity contribution in [1.82, 2.24) is 0 Å². The van der Waals surface area contributed by atoms with Gasteiger partial charge >= 0.3 is 0 Å². The first-order valence-corrected chi connectivity index (χ1v) is 5.00. The lowest BCUT2D eigenvalue weighted by atomic mass is 10.2. The zero-order valence-corrected chi connectivity index (χ0v) is 8.89. The van der Waals surface area contributed by atoms with Crippen LogP contribution in [0.5, 0.6) is 0 Å². The van der Waals surface area contributed by atoms with E-state index in [-0.39, 0.29) is 0 Å². The lowest BCUT2D eigenvalue weighted by Crippen LogP contribution is -2.11. The van der Waals surface area contributed by atoms with E-state index in [1.807, 2.05) is 37.3 Å². The molecule has 2 nitrogen and oxygen atoms in total. The van der Waals surface area contributed by atoms with Gasteiger partial charge in [0.15, 0.2) is 0 Å². The van der Waals surface area contributed by atoms with Crippen molar-refractivity contribution >= 4 is 0 Å². The van der Waals surface area contributed by atoms with Gasteiger partial charge in [-0.1, -0.05) is 30.3 Å². The molecule has 15 heavy (non-hydrogen) atoms. The molecule has 2 heteroatoms. The van der Waals surface area contributed by atoms with Crippen LogP contribution in [0.3, 0.4) is 0 Å². The molecule has 0 aliphatic carbocycles. The summed E-state index contributed by atoms with van der Waals surface area (Å²) in [6, 6.07) is 9.89. The lowest BCUT2D eigenvalue weighted by Gasteiger charge is -2.06. The smallest absolute Gasteiger partial charge is 0.103 e. The van der Waals surface area contributed by atoms with Gasteiger partial charge in [0.1, 0.15) is 6.10 Å². The van der Waals surface area contributed by atoms with E-state index in [2.05, 4.69) is 5.73 Å². The van der Waals surface area contributed by atoms with Gasteiger partial charge in [0.05, 0.1) is 13.2 Å². The van der Waals surface area contributed by atoms with Crippen LogP contribution < -0.4 is 0 Å². The molecule has 0 bridgehead atoms. The normalized spacial score (nSPS) is 11.6. The molecular formula is C13H16O2. The lowest BCUT2D eigenvalue weighted by molar-refractivity contribution is 0.0504. The molecule has 0 unspecified atom stereocenters. The molecular weight excluding hydrogens is 188 g/mol. The molecule has 1 atom stereocenters. The van der Waals surface area contributed by atoms with Crippen molar-refractivity contribution < 1.29 is 9.84 Å². The first kappa shape index (κ1) is 11.7. The average Bonchev–Trinajstić information content (AvgIpc) is 2.28. The molecule has 0 aliphatic heterocycles. The first-order chi connectivity index (χ1) is 7.33. The summed E-state index contributed by atoms with van der Waals surface area (Å²) in [6.45, 7) is 2.69. The predicted molar refractivity (Wildman–Crippen MR) is 60.4 cm³/mol. The van der Waals surface area contributed by atoms with Gasteiger partial charge < -0.3 is 9.84 Å². The van der Waals surface area contributed by atoms with Crippen LogP contribution in [-0.2, 0) is 11.3 Å². The second kappa shape index (κ2) is 7.02. The number of rotatable bonds is 5. The van der Waals surface area contributed by atoms with Crippen molar-refractivity contribution in [2.75, 3.05) is 6.61 Å². The zero-order valence-electron chi connectivity index (χ0n) is 8.89. The van der Waals surface area contributed by atoms with Crippen molar-refractivity contribution in [2.24, 2.45) is 0 Å². The van der Waals surface area contributed by atoms with E-state index in [9.17, 15) is 5.11 Å². The monoisotopic (exact) mass is 204 g/mol.